The van der Waals surface area contributed by atoms with Gasteiger partial charge in [0.25, 0.3) is 8.48 Å². The summed E-state index contributed by atoms with van der Waals surface area (Å²) in [7, 11) is -5.90. The van der Waals surface area contributed by atoms with E-state index in [1.54, 1.807) is 6.55 Å². The molecule has 0 rings (SSSR count). The summed E-state index contributed by atoms with van der Waals surface area (Å²) in [5, 5.41) is 9.21. The Kier molecular flexibility index (Phi) is 10.1. The van der Waals surface area contributed by atoms with Crippen LogP contribution in [0.25, 0.3) is 0 Å². The van der Waals surface area contributed by atoms with Gasteiger partial charge in [-0.05, 0) is 25.2 Å². The fourth-order valence-electron chi connectivity index (χ4n) is 1.87. The Labute approximate surface area is 128 Å². The van der Waals surface area contributed by atoms with Crippen molar-refractivity contribution in [3.05, 3.63) is 0 Å². The maximum atomic E-state index is 11.2. The van der Waals surface area contributed by atoms with Crippen LogP contribution in [0.2, 0.25) is 25.2 Å². The van der Waals surface area contributed by atoms with Crippen molar-refractivity contribution in [1.29, 1.82) is 0 Å². The summed E-state index contributed by atoms with van der Waals surface area (Å²) in [6, 6.07) is 1.69. The number of rotatable bonds is 12. The van der Waals surface area contributed by atoms with E-state index in [0.717, 1.165) is 19.0 Å². The number of nitrogens with one attached hydrogen (secondary N) is 1. The summed E-state index contributed by atoms with van der Waals surface area (Å²) in [5.41, 5.74) is 4.80. The molecule has 0 aromatic heterocycles. The minimum absolute atomic E-state index is 0.616. The quantitative estimate of drug-likeness (QED) is 0.337. The maximum Gasteiger partial charge on any atom is 0.304 e. The fourth-order valence-corrected chi connectivity index (χ4v) is 20.2. The van der Waals surface area contributed by atoms with E-state index in [2.05, 4.69) is 18.5 Å². The van der Waals surface area contributed by atoms with Gasteiger partial charge in [-0.3, -0.25) is 4.79 Å². The highest BCUT2D eigenvalue weighted by atomic mass is 29.2. The van der Waals surface area contributed by atoms with Crippen LogP contribution in [0.3, 0.4) is 0 Å². The number of carboxylic acid groups (broad SMARTS) is 1. The third-order valence-corrected chi connectivity index (χ3v) is 19.2. The molecule has 0 spiro atoms. The molecule has 0 heterocycles. The van der Waals surface area contributed by atoms with Gasteiger partial charge in [0, 0.05) is 13.1 Å². The zero-order valence-electron chi connectivity index (χ0n) is 13.2. The second kappa shape index (κ2) is 10.00. The number of nitrogens with two attached hydrogens (primary N) is 1. The molecule has 0 aromatic rings. The lowest BCUT2D eigenvalue weighted by Crippen LogP contribution is -2.54. The van der Waals surface area contributed by atoms with E-state index in [4.69, 9.17) is 14.0 Å². The van der Waals surface area contributed by atoms with E-state index < -0.39 is 41.0 Å². The average Bonchev–Trinajstić information content (AvgIpc) is 2.41. The molecule has 0 saturated carbocycles. The Morgan fingerprint density at radius 1 is 1.30 bits per heavy atom. The molecule has 0 aliphatic rings. The van der Waals surface area contributed by atoms with E-state index in [1.807, 2.05) is 6.92 Å². The number of hydrogen-bond acceptors (Lipinski definition) is 5. The first-order valence-electron chi connectivity index (χ1n) is 7.30. The van der Waals surface area contributed by atoms with Crippen molar-refractivity contribution in [2.45, 2.75) is 45.5 Å². The van der Waals surface area contributed by atoms with Crippen LogP contribution in [0.4, 0.5) is 4.79 Å². The first-order chi connectivity index (χ1) is 9.33. The predicted octanol–water partition coefficient (Wildman–Crippen LogP) is -0.0126. The Bertz CT molecular complexity index is 300. The van der Waals surface area contributed by atoms with Crippen LogP contribution in [0, 0.1) is 0 Å². The molecule has 0 aliphatic carbocycles. The van der Waals surface area contributed by atoms with Crippen LogP contribution in [0.1, 0.15) is 20.3 Å². The summed E-state index contributed by atoms with van der Waals surface area (Å²) >= 11 is 0. The Morgan fingerprint density at radius 3 is 2.35 bits per heavy atom. The van der Waals surface area contributed by atoms with Gasteiger partial charge in [-0.25, -0.2) is 0 Å². The van der Waals surface area contributed by atoms with E-state index in [9.17, 15) is 9.90 Å². The zero-order valence-corrected chi connectivity index (χ0v) is 18.0. The molecule has 0 fully saturated rings. The monoisotopic (exact) mass is 354 g/mol. The maximum absolute atomic E-state index is 11.2. The summed E-state index contributed by atoms with van der Waals surface area (Å²) in [6.07, 6.45) is 1.09. The lowest BCUT2D eigenvalue weighted by atomic mass is 10.6. The third kappa shape index (κ3) is 7.26. The van der Waals surface area contributed by atoms with Gasteiger partial charge >= 0.3 is 13.9 Å². The Balaban J connectivity index is 4.20. The highest BCUT2D eigenvalue weighted by Crippen LogP contribution is 2.12. The van der Waals surface area contributed by atoms with Gasteiger partial charge in [0.05, 0.1) is 0 Å². The van der Waals surface area contributed by atoms with Crippen LogP contribution in [-0.4, -0.2) is 59.1 Å². The van der Waals surface area contributed by atoms with Crippen LogP contribution >= 0.6 is 0 Å². The molecule has 0 amide bonds. The SMILES string of the molecule is CCC[Si](C)(NCCN)O[SiH2][SiH2]O[Si](C)(CC)C(=O)O. The molecule has 120 valence electrons. The van der Waals surface area contributed by atoms with E-state index in [-0.39, 0.29) is 0 Å². The molecule has 6 nitrogen and oxygen atoms in total. The Morgan fingerprint density at radius 2 is 1.90 bits per heavy atom. The molecule has 0 saturated heterocycles. The van der Waals surface area contributed by atoms with Gasteiger partial charge in [-0.1, -0.05) is 20.3 Å². The second-order valence-corrected chi connectivity index (χ2v) is 17.8. The summed E-state index contributed by atoms with van der Waals surface area (Å²) < 4.78 is 12.0. The summed E-state index contributed by atoms with van der Waals surface area (Å²) in [4.78, 5) is 14.7. The van der Waals surface area contributed by atoms with Crippen molar-refractivity contribution < 1.29 is 18.1 Å². The molecular formula is C10H30N2O4Si4. The molecule has 0 radical (unpaired) electrons. The molecule has 2 atom stereocenters. The van der Waals surface area contributed by atoms with Crippen LogP contribution < -0.4 is 10.7 Å². The third-order valence-electron chi connectivity index (χ3n) is 3.42. The highest BCUT2D eigenvalue weighted by Gasteiger charge is 2.36. The molecule has 20 heavy (non-hydrogen) atoms. The van der Waals surface area contributed by atoms with Crippen molar-refractivity contribution >= 4 is 41.0 Å². The van der Waals surface area contributed by atoms with Crippen molar-refractivity contribution in [3.63, 3.8) is 0 Å². The molecule has 2 unspecified atom stereocenters. The zero-order chi connectivity index (χ0) is 15.6. The van der Waals surface area contributed by atoms with Crippen molar-refractivity contribution in [1.82, 2.24) is 4.98 Å². The van der Waals surface area contributed by atoms with Gasteiger partial charge in [-0.2, -0.15) is 0 Å². The first-order valence-corrected chi connectivity index (χ1v) is 17.7. The smallest absolute Gasteiger partial charge is 0.304 e. The van der Waals surface area contributed by atoms with Crippen LogP contribution in [-0.2, 0) is 8.23 Å². The first kappa shape index (κ1) is 20.2. The topological polar surface area (TPSA) is 93.8 Å². The molecular weight excluding hydrogens is 324 g/mol. The van der Waals surface area contributed by atoms with E-state index >= 15 is 0 Å². The molecule has 0 bridgehead atoms. The highest BCUT2D eigenvalue weighted by molar-refractivity contribution is 7.07. The fraction of sp³-hybridized carbons (Fsp3) is 0.900. The molecule has 0 aliphatic heterocycles. The van der Waals surface area contributed by atoms with Gasteiger partial charge in [-0.15, -0.1) is 0 Å². The van der Waals surface area contributed by atoms with Crippen LogP contribution in [0.5, 0.6) is 0 Å². The van der Waals surface area contributed by atoms with Gasteiger partial charge in [0.1, 0.15) is 0 Å². The molecule has 4 N–H and O–H groups in total. The van der Waals surface area contributed by atoms with Crippen molar-refractivity contribution in [3.8, 4) is 0 Å². The van der Waals surface area contributed by atoms with E-state index in [1.165, 1.54) is 0 Å². The van der Waals surface area contributed by atoms with Gasteiger partial charge in [0.15, 0.2) is 18.6 Å². The van der Waals surface area contributed by atoms with Crippen molar-refractivity contribution in [2.24, 2.45) is 5.73 Å². The molecule has 0 aromatic carbocycles. The minimum atomic E-state index is -2.53. The second-order valence-electron chi connectivity index (χ2n) is 5.28. The average molecular weight is 355 g/mol. The predicted molar refractivity (Wildman–Crippen MR) is 93.2 cm³/mol. The standard InChI is InChI=1S/C10H30N2O4Si4/c1-5-9-20(4,12-8-7-11)16-18-17-15-19(3,6-2)10(13)14/h12H,5-9,11,17-18H2,1-4H3,(H,13,14). The number of carbonyl (C=O) groups is 1. The normalized spacial score (nSPS) is 18.6. The Hall–Kier alpha value is 0.178. The lowest BCUT2D eigenvalue weighted by molar-refractivity contribution is 0.214. The minimum Gasteiger partial charge on any atom is -0.484 e. The summed E-state index contributed by atoms with van der Waals surface area (Å²) in [5.74, 6) is 0. The van der Waals surface area contributed by atoms with Crippen LogP contribution in [0.15, 0.2) is 0 Å². The summed E-state index contributed by atoms with van der Waals surface area (Å²) in [6.45, 7) is 9.42. The largest absolute Gasteiger partial charge is 0.484 e. The van der Waals surface area contributed by atoms with Gasteiger partial charge in [0.2, 0.25) is 0 Å². The van der Waals surface area contributed by atoms with Crippen molar-refractivity contribution in [2.75, 3.05) is 13.1 Å². The molecule has 10 heteroatoms. The van der Waals surface area contributed by atoms with Gasteiger partial charge < -0.3 is 24.1 Å². The van der Waals surface area contributed by atoms with E-state index in [0.29, 0.717) is 12.6 Å². The number of hydrogen-bond donors (Lipinski definition) is 3. The lowest BCUT2D eigenvalue weighted by Gasteiger charge is -2.29.